The summed E-state index contributed by atoms with van der Waals surface area (Å²) in [4.78, 5) is 25.8. The molecule has 0 bridgehead atoms. The van der Waals surface area contributed by atoms with Crippen molar-refractivity contribution in [2.45, 2.75) is 32.2 Å². The number of fused-ring (bicyclic) bond motifs is 1. The molecule has 2 aromatic rings. The number of hydrogen-bond donors (Lipinski definition) is 1. The van der Waals surface area contributed by atoms with E-state index in [1.165, 1.54) is 17.5 Å². The van der Waals surface area contributed by atoms with Crippen molar-refractivity contribution in [2.24, 2.45) is 0 Å². The molecule has 3 rings (SSSR count). The minimum atomic E-state index is -0.104. The Morgan fingerprint density at radius 2 is 1.68 bits per heavy atom. The van der Waals surface area contributed by atoms with Crippen LogP contribution in [0.4, 0.5) is 0 Å². The standard InChI is InChI=1S/C21H24N2O2/c1-22-21(25)18-10-6-15(7-11-18)14-23(2)20(24)13-16-8-9-17-4-3-5-19(17)12-16/h6-12H,3-5,13-14H2,1-2H3,(H,22,25). The number of rotatable bonds is 5. The third kappa shape index (κ3) is 4.08. The molecule has 0 atom stereocenters. The van der Waals surface area contributed by atoms with E-state index in [0.29, 0.717) is 18.5 Å². The van der Waals surface area contributed by atoms with Gasteiger partial charge in [0.25, 0.3) is 5.91 Å². The second-order valence-electron chi connectivity index (χ2n) is 6.66. The normalized spacial score (nSPS) is 12.6. The van der Waals surface area contributed by atoms with Crippen molar-refractivity contribution < 1.29 is 9.59 Å². The van der Waals surface area contributed by atoms with E-state index < -0.39 is 0 Å². The fourth-order valence-corrected chi connectivity index (χ4v) is 3.31. The van der Waals surface area contributed by atoms with Gasteiger partial charge in [-0.15, -0.1) is 0 Å². The predicted octanol–water partition coefficient (Wildman–Crippen LogP) is 2.74. The summed E-state index contributed by atoms with van der Waals surface area (Å²) in [6.45, 7) is 0.539. The van der Waals surface area contributed by atoms with Crippen molar-refractivity contribution in [2.75, 3.05) is 14.1 Å². The van der Waals surface area contributed by atoms with E-state index in [0.717, 1.165) is 24.0 Å². The van der Waals surface area contributed by atoms with Gasteiger partial charge in [-0.2, -0.15) is 0 Å². The van der Waals surface area contributed by atoms with Crippen LogP contribution in [0.3, 0.4) is 0 Å². The van der Waals surface area contributed by atoms with Crippen molar-refractivity contribution in [3.63, 3.8) is 0 Å². The van der Waals surface area contributed by atoms with Crippen LogP contribution in [0.2, 0.25) is 0 Å². The summed E-state index contributed by atoms with van der Waals surface area (Å²) in [6, 6.07) is 13.8. The average Bonchev–Trinajstić information content (AvgIpc) is 3.09. The summed E-state index contributed by atoms with van der Waals surface area (Å²) < 4.78 is 0. The minimum Gasteiger partial charge on any atom is -0.355 e. The summed E-state index contributed by atoms with van der Waals surface area (Å²) in [5.41, 5.74) is 5.56. The molecule has 25 heavy (non-hydrogen) atoms. The highest BCUT2D eigenvalue weighted by atomic mass is 16.2. The van der Waals surface area contributed by atoms with Crippen LogP contribution in [0.15, 0.2) is 42.5 Å². The van der Waals surface area contributed by atoms with Crippen LogP contribution < -0.4 is 5.32 Å². The second kappa shape index (κ2) is 7.51. The Balaban J connectivity index is 1.60. The number of hydrogen-bond acceptors (Lipinski definition) is 2. The lowest BCUT2D eigenvalue weighted by molar-refractivity contribution is -0.129. The van der Waals surface area contributed by atoms with Gasteiger partial charge in [0.15, 0.2) is 0 Å². The van der Waals surface area contributed by atoms with Gasteiger partial charge < -0.3 is 10.2 Å². The maximum atomic E-state index is 12.5. The number of aryl methyl sites for hydroxylation is 2. The molecule has 2 aromatic carbocycles. The van der Waals surface area contributed by atoms with Crippen LogP contribution in [-0.4, -0.2) is 30.8 Å². The zero-order valence-corrected chi connectivity index (χ0v) is 14.8. The quantitative estimate of drug-likeness (QED) is 0.913. The molecule has 130 valence electrons. The van der Waals surface area contributed by atoms with Crippen LogP contribution in [-0.2, 0) is 30.6 Å². The summed E-state index contributed by atoms with van der Waals surface area (Å²) in [5.74, 6) is 0.000847. The molecule has 0 saturated heterocycles. The third-order valence-corrected chi connectivity index (χ3v) is 4.81. The van der Waals surface area contributed by atoms with Crippen LogP contribution in [0.5, 0.6) is 0 Å². The van der Waals surface area contributed by atoms with Gasteiger partial charge in [-0.05, 0) is 53.6 Å². The highest BCUT2D eigenvalue weighted by Crippen LogP contribution is 2.23. The van der Waals surface area contributed by atoms with Gasteiger partial charge in [0.1, 0.15) is 0 Å². The van der Waals surface area contributed by atoms with Gasteiger partial charge in [-0.25, -0.2) is 0 Å². The summed E-state index contributed by atoms with van der Waals surface area (Å²) in [6.07, 6.45) is 3.94. The Morgan fingerprint density at radius 1 is 1.00 bits per heavy atom. The topological polar surface area (TPSA) is 49.4 Å². The Morgan fingerprint density at radius 3 is 2.40 bits per heavy atom. The van der Waals surface area contributed by atoms with E-state index in [2.05, 4.69) is 23.5 Å². The molecule has 0 fully saturated rings. The summed E-state index contributed by atoms with van der Waals surface area (Å²) in [5, 5.41) is 2.60. The number of nitrogens with one attached hydrogen (secondary N) is 1. The van der Waals surface area contributed by atoms with Crippen molar-refractivity contribution in [1.82, 2.24) is 10.2 Å². The van der Waals surface area contributed by atoms with E-state index in [9.17, 15) is 9.59 Å². The Labute approximate surface area is 148 Å². The largest absolute Gasteiger partial charge is 0.355 e. The Hall–Kier alpha value is -2.62. The van der Waals surface area contributed by atoms with E-state index in [-0.39, 0.29) is 11.8 Å². The number of benzene rings is 2. The van der Waals surface area contributed by atoms with Crippen LogP contribution >= 0.6 is 0 Å². The highest BCUT2D eigenvalue weighted by molar-refractivity contribution is 5.93. The minimum absolute atomic E-state index is 0.104. The fraction of sp³-hybridized carbons (Fsp3) is 0.333. The summed E-state index contributed by atoms with van der Waals surface area (Å²) >= 11 is 0. The van der Waals surface area contributed by atoms with Gasteiger partial charge in [0.2, 0.25) is 5.91 Å². The molecule has 0 heterocycles. The molecule has 0 unspecified atom stereocenters. The molecule has 0 saturated carbocycles. The van der Waals surface area contributed by atoms with Crippen LogP contribution in [0.1, 0.15) is 39.0 Å². The highest BCUT2D eigenvalue weighted by Gasteiger charge is 2.14. The van der Waals surface area contributed by atoms with Crippen molar-refractivity contribution >= 4 is 11.8 Å². The van der Waals surface area contributed by atoms with E-state index in [4.69, 9.17) is 0 Å². The molecule has 0 aromatic heterocycles. The molecule has 2 amide bonds. The monoisotopic (exact) mass is 336 g/mol. The second-order valence-corrected chi connectivity index (χ2v) is 6.66. The summed E-state index contributed by atoms with van der Waals surface area (Å²) in [7, 11) is 3.43. The molecule has 1 aliphatic carbocycles. The molecule has 0 radical (unpaired) electrons. The van der Waals surface area contributed by atoms with Crippen molar-refractivity contribution in [3.05, 3.63) is 70.3 Å². The number of amides is 2. The van der Waals surface area contributed by atoms with Gasteiger partial charge in [-0.1, -0.05) is 30.3 Å². The molecule has 0 spiro atoms. The average molecular weight is 336 g/mol. The molecule has 1 N–H and O–H groups in total. The first kappa shape index (κ1) is 17.2. The zero-order chi connectivity index (χ0) is 17.8. The predicted molar refractivity (Wildman–Crippen MR) is 98.5 cm³/mol. The van der Waals surface area contributed by atoms with Crippen molar-refractivity contribution in [1.29, 1.82) is 0 Å². The molecular formula is C21H24N2O2. The molecule has 4 heteroatoms. The lowest BCUT2D eigenvalue weighted by Crippen LogP contribution is -2.27. The first-order valence-electron chi connectivity index (χ1n) is 8.72. The van der Waals surface area contributed by atoms with Gasteiger partial charge in [0.05, 0.1) is 6.42 Å². The lowest BCUT2D eigenvalue weighted by Gasteiger charge is -2.18. The first-order valence-corrected chi connectivity index (χ1v) is 8.72. The molecule has 4 nitrogen and oxygen atoms in total. The number of likely N-dealkylation sites (N-methyl/N-ethyl adjacent to an activating group) is 1. The van der Waals surface area contributed by atoms with Gasteiger partial charge >= 0.3 is 0 Å². The maximum absolute atomic E-state index is 12.5. The smallest absolute Gasteiger partial charge is 0.251 e. The van der Waals surface area contributed by atoms with E-state index >= 15 is 0 Å². The number of carbonyl (C=O) groups excluding carboxylic acids is 2. The fourth-order valence-electron chi connectivity index (χ4n) is 3.31. The number of carbonyl (C=O) groups is 2. The Kier molecular flexibility index (Phi) is 5.17. The maximum Gasteiger partial charge on any atom is 0.251 e. The SMILES string of the molecule is CNC(=O)c1ccc(CN(C)C(=O)Cc2ccc3c(c2)CCC3)cc1. The van der Waals surface area contributed by atoms with Crippen molar-refractivity contribution in [3.8, 4) is 0 Å². The van der Waals surface area contributed by atoms with Crippen LogP contribution in [0.25, 0.3) is 0 Å². The molecule has 0 aliphatic heterocycles. The molecular weight excluding hydrogens is 312 g/mol. The third-order valence-electron chi connectivity index (χ3n) is 4.81. The van der Waals surface area contributed by atoms with E-state index in [1.807, 2.05) is 19.2 Å². The zero-order valence-electron chi connectivity index (χ0n) is 14.8. The Bertz CT molecular complexity index is 781. The first-order chi connectivity index (χ1) is 12.1. The lowest BCUT2D eigenvalue weighted by atomic mass is 10.0. The number of nitrogens with zero attached hydrogens (tertiary/aromatic N) is 1. The van der Waals surface area contributed by atoms with Gasteiger partial charge in [0, 0.05) is 26.2 Å². The van der Waals surface area contributed by atoms with E-state index in [1.54, 1.807) is 24.1 Å². The van der Waals surface area contributed by atoms with Crippen LogP contribution in [0, 0.1) is 0 Å². The van der Waals surface area contributed by atoms with Gasteiger partial charge in [-0.3, -0.25) is 9.59 Å². The molecule has 1 aliphatic rings.